The fraction of sp³-hybridized carbons (Fsp3) is 0. The van der Waals surface area contributed by atoms with Crippen LogP contribution < -0.4 is 0 Å². The molecular weight excluding hydrogens is 637 g/mol. The molecule has 12 aromatic rings. The molecule has 0 saturated carbocycles. The van der Waals surface area contributed by atoms with Crippen molar-refractivity contribution in [2.45, 2.75) is 0 Å². The molecule has 0 radical (unpaired) electrons. The van der Waals surface area contributed by atoms with Crippen LogP contribution in [0.3, 0.4) is 0 Å². The van der Waals surface area contributed by atoms with Crippen molar-refractivity contribution in [2.75, 3.05) is 0 Å². The van der Waals surface area contributed by atoms with Gasteiger partial charge >= 0.3 is 0 Å². The summed E-state index contributed by atoms with van der Waals surface area (Å²) in [7, 11) is 0. The highest BCUT2D eigenvalue weighted by Gasteiger charge is 2.22. The van der Waals surface area contributed by atoms with Gasteiger partial charge in [0.25, 0.3) is 0 Å². The Hall–Kier alpha value is -6.42. The van der Waals surface area contributed by atoms with Crippen molar-refractivity contribution >= 4 is 102 Å². The largest absolute Gasteiger partial charge is 0.309 e. The normalized spacial score (nSPS) is 12.3. The minimum atomic E-state index is 1.16. The second-order valence-corrected chi connectivity index (χ2v) is 14.7. The predicted octanol–water partition coefficient (Wildman–Crippen LogP) is 13.7. The van der Waals surface area contributed by atoms with Gasteiger partial charge in [-0.3, -0.25) is 0 Å². The number of benzene rings is 8. The summed E-state index contributed by atoms with van der Waals surface area (Å²) >= 11 is 1.90. The van der Waals surface area contributed by atoms with Gasteiger partial charge in [-0.1, -0.05) is 121 Å². The highest BCUT2D eigenvalue weighted by Crippen LogP contribution is 2.46. The van der Waals surface area contributed by atoms with E-state index in [9.17, 15) is 0 Å². The maximum atomic E-state index is 2.58. The molecule has 0 amide bonds. The summed E-state index contributed by atoms with van der Waals surface area (Å²) < 4.78 is 7.67. The topological polar surface area (TPSA) is 9.34 Å². The van der Waals surface area contributed by atoms with Gasteiger partial charge in [0.2, 0.25) is 0 Å². The van der Waals surface area contributed by atoms with E-state index < -0.39 is 0 Å². The van der Waals surface area contributed by atoms with Crippen LogP contribution in [0.4, 0.5) is 0 Å². The lowest BCUT2D eigenvalue weighted by Crippen LogP contribution is -1.93. The number of fused-ring (bicyclic) bond motifs is 11. The van der Waals surface area contributed by atoms with Crippen LogP contribution in [0.5, 0.6) is 0 Å². The first kappa shape index (κ1) is 27.4. The molecular formula is C48H28N2S. The Bertz CT molecular complexity index is 3400. The Morgan fingerprint density at radius 3 is 1.71 bits per heavy atom. The Kier molecular flexibility index (Phi) is 5.41. The average molecular weight is 665 g/mol. The monoisotopic (exact) mass is 664 g/mol. The van der Waals surface area contributed by atoms with Gasteiger partial charge in [-0.15, -0.1) is 11.3 Å². The molecule has 0 N–H and O–H groups in total. The maximum absolute atomic E-state index is 2.58. The van der Waals surface area contributed by atoms with Crippen LogP contribution in [-0.4, -0.2) is 8.97 Å². The third-order valence-electron chi connectivity index (χ3n) is 11.1. The number of nitrogens with zero attached hydrogens (tertiary/aromatic N) is 2. The second kappa shape index (κ2) is 10.1. The van der Waals surface area contributed by atoms with Crippen LogP contribution in [0.25, 0.3) is 108 Å². The third-order valence-corrected chi connectivity index (χ3v) is 12.2. The fourth-order valence-electron chi connectivity index (χ4n) is 9.01. The van der Waals surface area contributed by atoms with Crippen molar-refractivity contribution in [3.63, 3.8) is 0 Å². The zero-order valence-corrected chi connectivity index (χ0v) is 28.3. The van der Waals surface area contributed by atoms with Crippen LogP contribution in [0.1, 0.15) is 0 Å². The Labute approximate surface area is 296 Å². The van der Waals surface area contributed by atoms with E-state index in [1.54, 1.807) is 0 Å². The average Bonchev–Trinajstić information content (AvgIpc) is 3.86. The minimum absolute atomic E-state index is 1.16. The lowest BCUT2D eigenvalue weighted by Gasteiger charge is -2.09. The first-order valence-electron chi connectivity index (χ1n) is 17.5. The van der Waals surface area contributed by atoms with E-state index in [1.807, 2.05) is 11.3 Å². The van der Waals surface area contributed by atoms with Crippen LogP contribution >= 0.6 is 11.3 Å². The molecule has 3 heteroatoms. The molecule has 236 valence electrons. The Balaban J connectivity index is 1.31. The summed E-state index contributed by atoms with van der Waals surface area (Å²) in [5.41, 5.74) is 9.78. The van der Waals surface area contributed by atoms with Crippen LogP contribution in [0, 0.1) is 0 Å². The van der Waals surface area contributed by atoms with Crippen LogP contribution in [0.2, 0.25) is 0 Å². The van der Waals surface area contributed by atoms with Gasteiger partial charge < -0.3 is 8.97 Å². The summed E-state index contributed by atoms with van der Waals surface area (Å²) in [6.07, 6.45) is 0. The molecule has 4 aromatic heterocycles. The van der Waals surface area contributed by atoms with Gasteiger partial charge in [0.05, 0.1) is 27.6 Å². The van der Waals surface area contributed by atoms with Gasteiger partial charge in [-0.25, -0.2) is 0 Å². The molecule has 0 aliphatic carbocycles. The van der Waals surface area contributed by atoms with E-state index >= 15 is 0 Å². The SMILES string of the molecule is c1ccc(-c2ccc(-n3c4ccccc4c4c5c6cccc7c8ccccc8c8cccc9sc%10cccc(c%10c98)n(c5ccc43)c76)cc2)cc1. The lowest BCUT2D eigenvalue weighted by atomic mass is 10.00. The van der Waals surface area contributed by atoms with E-state index in [0.717, 1.165) is 5.69 Å². The second-order valence-electron chi connectivity index (χ2n) is 13.6. The van der Waals surface area contributed by atoms with Crippen LogP contribution in [0.15, 0.2) is 170 Å². The zero-order chi connectivity index (χ0) is 33.2. The lowest BCUT2D eigenvalue weighted by molar-refractivity contribution is 1.18. The third kappa shape index (κ3) is 3.60. The first-order chi connectivity index (χ1) is 25.3. The molecule has 0 bridgehead atoms. The van der Waals surface area contributed by atoms with Crippen molar-refractivity contribution in [1.29, 1.82) is 0 Å². The van der Waals surface area contributed by atoms with E-state index in [4.69, 9.17) is 0 Å². The molecule has 0 atom stereocenters. The number of para-hydroxylation sites is 2. The summed E-state index contributed by atoms with van der Waals surface area (Å²) in [4.78, 5) is 0. The van der Waals surface area contributed by atoms with E-state index in [0.29, 0.717) is 0 Å². The summed E-state index contributed by atoms with van der Waals surface area (Å²) in [5.74, 6) is 0. The predicted molar refractivity (Wildman–Crippen MR) is 220 cm³/mol. The number of rotatable bonds is 2. The Morgan fingerprint density at radius 1 is 0.314 bits per heavy atom. The number of hydrogen-bond donors (Lipinski definition) is 0. The molecule has 0 fully saturated rings. The van der Waals surface area contributed by atoms with Gasteiger partial charge in [0.15, 0.2) is 0 Å². The number of aromatic nitrogens is 2. The van der Waals surface area contributed by atoms with E-state index in [1.165, 1.54) is 102 Å². The van der Waals surface area contributed by atoms with Crippen molar-refractivity contribution in [3.05, 3.63) is 170 Å². The maximum Gasteiger partial charge on any atom is 0.0620 e. The molecule has 4 heterocycles. The molecule has 0 aliphatic rings. The van der Waals surface area contributed by atoms with Gasteiger partial charge in [-0.05, 0) is 75.8 Å². The number of hydrogen-bond acceptors (Lipinski definition) is 1. The van der Waals surface area contributed by atoms with Gasteiger partial charge in [-0.2, -0.15) is 0 Å². The molecule has 12 rings (SSSR count). The molecule has 0 aliphatic heterocycles. The number of thiophene rings is 1. The molecule has 0 unspecified atom stereocenters. The zero-order valence-electron chi connectivity index (χ0n) is 27.5. The smallest absolute Gasteiger partial charge is 0.0620 e. The molecule has 0 spiro atoms. The molecule has 0 saturated heterocycles. The molecule has 8 aromatic carbocycles. The summed E-state index contributed by atoms with van der Waals surface area (Å²) in [5, 5.41) is 12.9. The standard InChI is InChI=1S/C48H28N2S/c1-2-11-29(12-3-1)30-23-25-31(26-24-30)49-38-19-7-6-15-36(38)44-40(49)27-28-41-45(44)37-18-8-17-35-33-14-5-4-13-32(33)34-16-9-21-42-46(34)47-39(50(41)48(35)37)20-10-22-43(47)51-42/h1-28H. The summed E-state index contributed by atoms with van der Waals surface area (Å²) in [6, 6.07) is 62.9. The van der Waals surface area contributed by atoms with Crippen molar-refractivity contribution < 1.29 is 0 Å². The first-order valence-corrected chi connectivity index (χ1v) is 18.3. The fourth-order valence-corrected chi connectivity index (χ4v) is 10.2. The van der Waals surface area contributed by atoms with E-state index in [2.05, 4.69) is 179 Å². The highest BCUT2D eigenvalue weighted by molar-refractivity contribution is 7.26. The van der Waals surface area contributed by atoms with Crippen molar-refractivity contribution in [2.24, 2.45) is 0 Å². The van der Waals surface area contributed by atoms with E-state index in [-0.39, 0.29) is 0 Å². The minimum Gasteiger partial charge on any atom is -0.309 e. The van der Waals surface area contributed by atoms with Crippen molar-refractivity contribution in [3.8, 4) is 16.8 Å². The molecule has 51 heavy (non-hydrogen) atoms. The quantitative estimate of drug-likeness (QED) is 0.174. The molecule has 2 nitrogen and oxygen atoms in total. The summed E-state index contributed by atoms with van der Waals surface area (Å²) in [6.45, 7) is 0. The highest BCUT2D eigenvalue weighted by atomic mass is 32.1. The van der Waals surface area contributed by atoms with Crippen molar-refractivity contribution in [1.82, 2.24) is 8.97 Å². The van der Waals surface area contributed by atoms with Crippen LogP contribution in [-0.2, 0) is 0 Å². The van der Waals surface area contributed by atoms with Gasteiger partial charge in [0, 0.05) is 52.8 Å². The Morgan fingerprint density at radius 2 is 0.863 bits per heavy atom. The van der Waals surface area contributed by atoms with Gasteiger partial charge in [0.1, 0.15) is 0 Å².